The van der Waals surface area contributed by atoms with Gasteiger partial charge >= 0.3 is 0 Å². The van der Waals surface area contributed by atoms with Gasteiger partial charge in [0, 0.05) is 10.4 Å². The summed E-state index contributed by atoms with van der Waals surface area (Å²) in [5.41, 5.74) is 6.14. The van der Waals surface area contributed by atoms with E-state index < -0.39 is 5.91 Å². The van der Waals surface area contributed by atoms with E-state index >= 15 is 0 Å². The van der Waals surface area contributed by atoms with Gasteiger partial charge < -0.3 is 10.5 Å². The largest absolute Gasteiger partial charge is 0.455 e. The number of ether oxygens (including phenoxy) is 1. The maximum absolute atomic E-state index is 11.5. The number of hydrogen-bond acceptors (Lipinski definition) is 4. The van der Waals surface area contributed by atoms with Gasteiger partial charge in [0.2, 0.25) is 0 Å². The van der Waals surface area contributed by atoms with Crippen molar-refractivity contribution >= 4 is 50.5 Å². The number of aryl methyl sites for hydroxylation is 1. The standard InChI is InChI=1S/C15H10Cl2N2O2S/c1-7-11-10(21-9-4-2-8(16)3-5-9)6-19-14(17)13(11)22-12(7)15(18)20/h2-6H,1H3,(H2,18,20). The molecule has 0 bridgehead atoms. The first kappa shape index (κ1) is 15.1. The fourth-order valence-corrected chi connectivity index (χ4v) is 3.57. The molecule has 3 aromatic rings. The lowest BCUT2D eigenvalue weighted by molar-refractivity contribution is 0.100. The molecule has 0 aliphatic heterocycles. The average molecular weight is 353 g/mol. The van der Waals surface area contributed by atoms with Gasteiger partial charge in [-0.1, -0.05) is 23.2 Å². The summed E-state index contributed by atoms with van der Waals surface area (Å²) in [7, 11) is 0. The first-order chi connectivity index (χ1) is 10.5. The van der Waals surface area contributed by atoms with E-state index in [4.69, 9.17) is 33.7 Å². The molecular weight excluding hydrogens is 343 g/mol. The number of carbonyl (C=O) groups is 1. The lowest BCUT2D eigenvalue weighted by atomic mass is 10.1. The van der Waals surface area contributed by atoms with Crippen LogP contribution in [0.4, 0.5) is 0 Å². The van der Waals surface area contributed by atoms with Gasteiger partial charge in [-0.15, -0.1) is 11.3 Å². The number of thiophene rings is 1. The maximum Gasteiger partial charge on any atom is 0.259 e. The summed E-state index contributed by atoms with van der Waals surface area (Å²) in [6.07, 6.45) is 1.53. The third-order valence-corrected chi connectivity index (χ3v) is 5.10. The second kappa shape index (κ2) is 5.76. The summed E-state index contributed by atoms with van der Waals surface area (Å²) in [5, 5.41) is 1.68. The summed E-state index contributed by atoms with van der Waals surface area (Å²) in [6, 6.07) is 6.96. The Hall–Kier alpha value is -1.82. The second-order valence-corrected chi connectivity index (χ2v) is 6.41. The monoisotopic (exact) mass is 352 g/mol. The van der Waals surface area contributed by atoms with E-state index in [9.17, 15) is 4.79 Å². The van der Waals surface area contributed by atoms with Gasteiger partial charge in [-0.25, -0.2) is 4.98 Å². The van der Waals surface area contributed by atoms with Crippen LogP contribution in [-0.4, -0.2) is 10.9 Å². The molecule has 0 radical (unpaired) electrons. The van der Waals surface area contributed by atoms with Crippen molar-refractivity contribution in [3.05, 3.63) is 51.1 Å². The van der Waals surface area contributed by atoms with E-state index in [1.807, 2.05) is 6.92 Å². The molecule has 0 saturated heterocycles. The zero-order chi connectivity index (χ0) is 15.9. The van der Waals surface area contributed by atoms with Crippen LogP contribution < -0.4 is 10.5 Å². The van der Waals surface area contributed by atoms with Crippen LogP contribution in [0.5, 0.6) is 11.5 Å². The topological polar surface area (TPSA) is 65.2 Å². The van der Waals surface area contributed by atoms with Crippen molar-refractivity contribution in [3.8, 4) is 11.5 Å². The first-order valence-electron chi connectivity index (χ1n) is 6.28. The van der Waals surface area contributed by atoms with Crippen molar-refractivity contribution in [1.82, 2.24) is 4.98 Å². The van der Waals surface area contributed by atoms with Crippen LogP contribution in [0.1, 0.15) is 15.2 Å². The number of nitrogens with two attached hydrogens (primary N) is 1. The van der Waals surface area contributed by atoms with Gasteiger partial charge in [-0.3, -0.25) is 4.79 Å². The lowest BCUT2D eigenvalue weighted by Gasteiger charge is -2.08. The van der Waals surface area contributed by atoms with E-state index in [0.717, 1.165) is 10.9 Å². The van der Waals surface area contributed by atoms with Crippen LogP contribution in [0.25, 0.3) is 10.1 Å². The minimum Gasteiger partial charge on any atom is -0.455 e. The molecule has 0 saturated carbocycles. The molecular formula is C15H10Cl2N2O2S. The van der Waals surface area contributed by atoms with Crippen molar-refractivity contribution in [3.63, 3.8) is 0 Å². The molecule has 0 aliphatic rings. The molecule has 1 aromatic carbocycles. The molecule has 4 nitrogen and oxygen atoms in total. The molecule has 2 heterocycles. The Bertz CT molecular complexity index is 875. The number of carbonyl (C=O) groups excluding carboxylic acids is 1. The minimum atomic E-state index is -0.493. The molecule has 0 spiro atoms. The molecule has 1 amide bonds. The quantitative estimate of drug-likeness (QED) is 0.688. The SMILES string of the molecule is Cc1c(C(N)=O)sc2c(Cl)ncc(Oc3ccc(Cl)cc3)c12. The number of rotatable bonds is 3. The van der Waals surface area contributed by atoms with Gasteiger partial charge in [-0.05, 0) is 36.8 Å². The Morgan fingerprint density at radius 2 is 1.95 bits per heavy atom. The summed E-state index contributed by atoms with van der Waals surface area (Å²) < 4.78 is 6.53. The Balaban J connectivity index is 2.15. The number of pyridine rings is 1. The van der Waals surface area contributed by atoms with E-state index in [0.29, 0.717) is 31.3 Å². The third kappa shape index (κ3) is 2.63. The lowest BCUT2D eigenvalue weighted by Crippen LogP contribution is -2.09. The normalized spacial score (nSPS) is 10.9. The average Bonchev–Trinajstić information content (AvgIpc) is 2.83. The van der Waals surface area contributed by atoms with E-state index in [1.54, 1.807) is 24.3 Å². The number of aromatic nitrogens is 1. The van der Waals surface area contributed by atoms with Gasteiger partial charge in [0.05, 0.1) is 15.8 Å². The van der Waals surface area contributed by atoms with Crippen molar-refractivity contribution in [2.45, 2.75) is 6.92 Å². The van der Waals surface area contributed by atoms with Crippen LogP contribution in [0, 0.1) is 6.92 Å². The summed E-state index contributed by atoms with van der Waals surface area (Å²) in [4.78, 5) is 16.1. The number of halogens is 2. The van der Waals surface area contributed by atoms with Crippen molar-refractivity contribution in [2.24, 2.45) is 5.73 Å². The number of hydrogen-bond donors (Lipinski definition) is 1. The number of benzene rings is 1. The summed E-state index contributed by atoms with van der Waals surface area (Å²) in [5.74, 6) is 0.635. The Morgan fingerprint density at radius 1 is 1.27 bits per heavy atom. The molecule has 22 heavy (non-hydrogen) atoms. The minimum absolute atomic E-state index is 0.319. The Kier molecular flexibility index (Phi) is 3.95. The molecule has 0 unspecified atom stereocenters. The smallest absolute Gasteiger partial charge is 0.259 e. The molecule has 0 aliphatic carbocycles. The predicted octanol–water partition coefficient (Wildman–Crippen LogP) is 4.80. The van der Waals surface area contributed by atoms with Crippen LogP contribution in [0.15, 0.2) is 30.5 Å². The van der Waals surface area contributed by atoms with Gasteiger partial charge in [-0.2, -0.15) is 0 Å². The second-order valence-electron chi connectivity index (χ2n) is 4.59. The molecule has 112 valence electrons. The zero-order valence-corrected chi connectivity index (χ0v) is 13.7. The Labute approximate surface area is 140 Å². The number of fused-ring (bicyclic) bond motifs is 1. The maximum atomic E-state index is 11.5. The highest BCUT2D eigenvalue weighted by molar-refractivity contribution is 7.21. The van der Waals surface area contributed by atoms with Gasteiger partial charge in [0.15, 0.2) is 5.75 Å². The van der Waals surface area contributed by atoms with E-state index in [2.05, 4.69) is 4.98 Å². The van der Waals surface area contributed by atoms with Crippen LogP contribution in [0.3, 0.4) is 0 Å². The summed E-state index contributed by atoms with van der Waals surface area (Å²) >= 11 is 13.2. The van der Waals surface area contributed by atoms with Crippen molar-refractivity contribution in [2.75, 3.05) is 0 Å². The molecule has 2 N–H and O–H groups in total. The molecule has 2 aromatic heterocycles. The van der Waals surface area contributed by atoms with E-state index in [1.165, 1.54) is 17.5 Å². The highest BCUT2D eigenvalue weighted by Gasteiger charge is 2.19. The van der Waals surface area contributed by atoms with Crippen LogP contribution >= 0.6 is 34.5 Å². The van der Waals surface area contributed by atoms with Gasteiger partial charge in [0.1, 0.15) is 10.9 Å². The van der Waals surface area contributed by atoms with Gasteiger partial charge in [0.25, 0.3) is 5.91 Å². The molecule has 0 fully saturated rings. The van der Waals surface area contributed by atoms with Crippen LogP contribution in [-0.2, 0) is 0 Å². The fraction of sp³-hybridized carbons (Fsp3) is 0.0667. The molecule has 0 atom stereocenters. The zero-order valence-electron chi connectivity index (χ0n) is 11.4. The van der Waals surface area contributed by atoms with E-state index in [-0.39, 0.29) is 0 Å². The highest BCUT2D eigenvalue weighted by Crippen LogP contribution is 2.41. The number of nitrogens with zero attached hydrogens (tertiary/aromatic N) is 1. The van der Waals surface area contributed by atoms with Crippen molar-refractivity contribution in [1.29, 1.82) is 0 Å². The Morgan fingerprint density at radius 3 is 2.59 bits per heavy atom. The highest BCUT2D eigenvalue weighted by atomic mass is 35.5. The fourth-order valence-electron chi connectivity index (χ4n) is 2.14. The number of amides is 1. The molecule has 3 rings (SSSR count). The molecule has 7 heteroatoms. The first-order valence-corrected chi connectivity index (χ1v) is 7.85. The van der Waals surface area contributed by atoms with Crippen LogP contribution in [0.2, 0.25) is 10.2 Å². The predicted molar refractivity (Wildman–Crippen MR) is 89.4 cm³/mol. The summed E-state index contributed by atoms with van der Waals surface area (Å²) in [6.45, 7) is 1.81. The van der Waals surface area contributed by atoms with Crippen molar-refractivity contribution < 1.29 is 9.53 Å². The number of primary amides is 1. The third-order valence-electron chi connectivity index (χ3n) is 3.14.